The molecule has 0 radical (unpaired) electrons. The highest BCUT2D eigenvalue weighted by Crippen LogP contribution is 2.33. The maximum Gasteiger partial charge on any atom is 0.416 e. The summed E-state index contributed by atoms with van der Waals surface area (Å²) in [4.78, 5) is 12.3. The van der Waals surface area contributed by atoms with Gasteiger partial charge < -0.3 is 9.73 Å². The second kappa shape index (κ2) is 7.02. The van der Waals surface area contributed by atoms with Crippen LogP contribution >= 0.6 is 27.3 Å². The summed E-state index contributed by atoms with van der Waals surface area (Å²) >= 11 is 4.39. The number of halogens is 4. The number of rotatable bonds is 3. The molecule has 2 aromatic carbocycles. The van der Waals surface area contributed by atoms with Crippen molar-refractivity contribution in [2.24, 2.45) is 0 Å². The van der Waals surface area contributed by atoms with Gasteiger partial charge in [0.15, 0.2) is 5.01 Å². The lowest BCUT2D eigenvalue weighted by Gasteiger charge is -2.08. The van der Waals surface area contributed by atoms with Crippen molar-refractivity contribution in [2.45, 2.75) is 6.18 Å². The van der Waals surface area contributed by atoms with Gasteiger partial charge in [0, 0.05) is 15.5 Å². The molecule has 0 saturated heterocycles. The molecule has 0 aliphatic rings. The molecule has 28 heavy (non-hydrogen) atoms. The summed E-state index contributed by atoms with van der Waals surface area (Å²) in [6.07, 6.45) is -4.44. The number of hydrogen-bond donors (Lipinski definition) is 1. The average molecular weight is 468 g/mol. The Balaban J connectivity index is 1.66. The van der Waals surface area contributed by atoms with Gasteiger partial charge in [-0.1, -0.05) is 33.3 Å². The maximum absolute atomic E-state index is 12.8. The van der Waals surface area contributed by atoms with Gasteiger partial charge in [0.1, 0.15) is 5.58 Å². The van der Waals surface area contributed by atoms with Gasteiger partial charge in [-0.2, -0.15) is 13.2 Å². The highest BCUT2D eigenvalue weighted by atomic mass is 79.9. The normalized spacial score (nSPS) is 11.7. The van der Waals surface area contributed by atoms with E-state index in [1.807, 2.05) is 0 Å². The minimum atomic E-state index is -4.44. The van der Waals surface area contributed by atoms with Crippen molar-refractivity contribution in [1.29, 1.82) is 0 Å². The van der Waals surface area contributed by atoms with Gasteiger partial charge >= 0.3 is 11.8 Å². The van der Waals surface area contributed by atoms with Crippen molar-refractivity contribution >= 4 is 49.1 Å². The molecule has 0 saturated carbocycles. The van der Waals surface area contributed by atoms with Crippen molar-refractivity contribution in [1.82, 2.24) is 10.2 Å². The number of nitrogens with zero attached hydrogens (tertiary/aromatic N) is 2. The molecule has 2 aromatic heterocycles. The van der Waals surface area contributed by atoms with Gasteiger partial charge in [0.25, 0.3) is 0 Å². The molecule has 4 rings (SSSR count). The first-order chi connectivity index (χ1) is 13.3. The van der Waals surface area contributed by atoms with Gasteiger partial charge in [0.05, 0.1) is 11.1 Å². The second-order valence-corrected chi connectivity index (χ2v) is 7.64. The van der Waals surface area contributed by atoms with E-state index in [2.05, 4.69) is 31.4 Å². The molecule has 5 nitrogen and oxygen atoms in total. The Morgan fingerprint density at radius 2 is 1.89 bits per heavy atom. The molecule has 10 heteroatoms. The third-order valence-electron chi connectivity index (χ3n) is 3.79. The number of anilines is 2. The first-order valence-corrected chi connectivity index (χ1v) is 9.42. The van der Waals surface area contributed by atoms with Gasteiger partial charge in [-0.3, -0.25) is 0 Å². The standard InChI is InChI=1S/C18H9BrF3N3O2S/c19-11-4-5-14-9(6-11)7-13(16(26)27-14)15-24-25-17(28-15)23-12-3-1-2-10(8-12)18(20,21)22/h1-8H,(H,23,25). The molecule has 0 bridgehead atoms. The minimum Gasteiger partial charge on any atom is -0.422 e. The first-order valence-electron chi connectivity index (χ1n) is 7.81. The maximum atomic E-state index is 12.8. The monoisotopic (exact) mass is 467 g/mol. The van der Waals surface area contributed by atoms with Crippen LogP contribution < -0.4 is 10.9 Å². The van der Waals surface area contributed by atoms with E-state index >= 15 is 0 Å². The Kier molecular flexibility index (Phi) is 4.68. The average Bonchev–Trinajstić information content (AvgIpc) is 3.09. The van der Waals surface area contributed by atoms with Gasteiger partial charge in [-0.05, 0) is 42.5 Å². The molecule has 0 unspecified atom stereocenters. The van der Waals surface area contributed by atoms with E-state index in [-0.39, 0.29) is 16.4 Å². The van der Waals surface area contributed by atoms with Crippen molar-refractivity contribution in [2.75, 3.05) is 5.32 Å². The molecule has 1 N–H and O–H groups in total. The van der Waals surface area contributed by atoms with Crippen molar-refractivity contribution in [3.05, 3.63) is 69.0 Å². The molecule has 0 amide bonds. The SMILES string of the molecule is O=c1oc2ccc(Br)cc2cc1-c1nnc(Nc2cccc(C(F)(F)F)c2)s1. The lowest BCUT2D eigenvalue weighted by atomic mass is 10.2. The van der Waals surface area contributed by atoms with Crippen LogP contribution in [0.4, 0.5) is 24.0 Å². The number of alkyl halides is 3. The first kappa shape index (κ1) is 18.6. The van der Waals surface area contributed by atoms with Crippen molar-refractivity contribution in [3.63, 3.8) is 0 Å². The zero-order valence-corrected chi connectivity index (χ0v) is 16.2. The summed E-state index contributed by atoms with van der Waals surface area (Å²) in [5.41, 5.74) is -0.476. The van der Waals surface area contributed by atoms with Crippen LogP contribution in [0, 0.1) is 0 Å². The van der Waals surface area contributed by atoms with E-state index in [0.717, 1.165) is 27.9 Å². The van der Waals surface area contributed by atoms with Gasteiger partial charge in [0.2, 0.25) is 5.13 Å². The van der Waals surface area contributed by atoms with Crippen molar-refractivity contribution in [3.8, 4) is 10.6 Å². The van der Waals surface area contributed by atoms with Crippen LogP contribution in [0.3, 0.4) is 0 Å². The molecule has 0 aliphatic heterocycles. The fraction of sp³-hybridized carbons (Fsp3) is 0.0556. The van der Waals surface area contributed by atoms with Crippen LogP contribution in [-0.2, 0) is 6.18 Å². The van der Waals surface area contributed by atoms with E-state index in [1.165, 1.54) is 12.1 Å². The molecule has 142 valence electrons. The lowest BCUT2D eigenvalue weighted by molar-refractivity contribution is -0.137. The van der Waals surface area contributed by atoms with E-state index in [4.69, 9.17) is 4.42 Å². The van der Waals surface area contributed by atoms with Crippen LogP contribution in [0.15, 0.2) is 62.2 Å². The second-order valence-electron chi connectivity index (χ2n) is 5.75. The van der Waals surface area contributed by atoms with E-state index in [1.54, 1.807) is 24.3 Å². The largest absolute Gasteiger partial charge is 0.422 e. The van der Waals surface area contributed by atoms with Crippen LogP contribution in [-0.4, -0.2) is 10.2 Å². The molecule has 4 aromatic rings. The quantitative estimate of drug-likeness (QED) is 0.383. The molecule has 0 atom stereocenters. The number of aromatic nitrogens is 2. The highest BCUT2D eigenvalue weighted by Gasteiger charge is 2.30. The summed E-state index contributed by atoms with van der Waals surface area (Å²) in [5, 5.41) is 11.9. The van der Waals surface area contributed by atoms with E-state index < -0.39 is 17.4 Å². The molecule has 0 fully saturated rings. The van der Waals surface area contributed by atoms with Crippen molar-refractivity contribution < 1.29 is 17.6 Å². The fourth-order valence-electron chi connectivity index (χ4n) is 2.52. The smallest absolute Gasteiger partial charge is 0.416 e. The molecular weight excluding hydrogens is 459 g/mol. The summed E-state index contributed by atoms with van der Waals surface area (Å²) in [7, 11) is 0. The third kappa shape index (κ3) is 3.78. The number of benzene rings is 2. The van der Waals surface area contributed by atoms with Gasteiger partial charge in [-0.25, -0.2) is 4.79 Å². The Labute approximate surface area is 168 Å². The van der Waals surface area contributed by atoms with E-state index in [0.29, 0.717) is 16.0 Å². The summed E-state index contributed by atoms with van der Waals surface area (Å²) < 4.78 is 44.6. The summed E-state index contributed by atoms with van der Waals surface area (Å²) in [6.45, 7) is 0. The molecule has 0 aliphatic carbocycles. The summed E-state index contributed by atoms with van der Waals surface area (Å²) in [6, 6.07) is 11.6. The minimum absolute atomic E-state index is 0.215. The molecule has 2 heterocycles. The number of hydrogen-bond acceptors (Lipinski definition) is 6. The predicted molar refractivity (Wildman–Crippen MR) is 104 cm³/mol. The predicted octanol–water partition coefficient (Wildman–Crippen LogP) is 5.84. The Morgan fingerprint density at radius 3 is 2.68 bits per heavy atom. The molecular formula is C18H9BrF3N3O2S. The lowest BCUT2D eigenvalue weighted by Crippen LogP contribution is -2.05. The topological polar surface area (TPSA) is 68.0 Å². The Hall–Kier alpha value is -2.72. The number of nitrogens with one attached hydrogen (secondary N) is 1. The zero-order chi connectivity index (χ0) is 19.9. The Morgan fingerprint density at radius 1 is 1.07 bits per heavy atom. The Bertz CT molecular complexity index is 1240. The van der Waals surface area contributed by atoms with Crippen LogP contribution in [0.1, 0.15) is 5.56 Å². The van der Waals surface area contributed by atoms with Crippen LogP contribution in [0.2, 0.25) is 0 Å². The van der Waals surface area contributed by atoms with Gasteiger partial charge in [-0.15, -0.1) is 10.2 Å². The molecule has 0 spiro atoms. The number of fused-ring (bicyclic) bond motifs is 1. The van der Waals surface area contributed by atoms with Crippen LogP contribution in [0.5, 0.6) is 0 Å². The highest BCUT2D eigenvalue weighted by molar-refractivity contribution is 9.10. The zero-order valence-electron chi connectivity index (χ0n) is 13.7. The summed E-state index contributed by atoms with van der Waals surface area (Å²) in [5.74, 6) is 0. The third-order valence-corrected chi connectivity index (χ3v) is 5.16. The van der Waals surface area contributed by atoms with E-state index in [9.17, 15) is 18.0 Å². The fourth-order valence-corrected chi connectivity index (χ4v) is 3.67. The van der Waals surface area contributed by atoms with Crippen LogP contribution in [0.25, 0.3) is 21.5 Å².